The standard InChI is InChI=1S/C20H29N5O2S/c1-6-25(7-2)15-10-8-14(9-11-15)21-16(26)12-13-17(27)22-19-24-23-18(28-19)20(3,4)5/h8-11H,6-7,12-13H2,1-5H3,(H,21,26)(H,22,24,27). The van der Waals surface area contributed by atoms with Crippen LogP contribution in [-0.2, 0) is 15.0 Å². The number of amides is 2. The summed E-state index contributed by atoms with van der Waals surface area (Å²) in [5.74, 6) is -0.443. The van der Waals surface area contributed by atoms with Gasteiger partial charge >= 0.3 is 0 Å². The minimum atomic E-state index is -0.247. The number of benzene rings is 1. The first-order chi connectivity index (χ1) is 13.2. The molecule has 2 aromatic rings. The van der Waals surface area contributed by atoms with E-state index in [1.165, 1.54) is 11.3 Å². The summed E-state index contributed by atoms with van der Waals surface area (Å²) in [6.45, 7) is 12.2. The molecular formula is C20H29N5O2S. The quantitative estimate of drug-likeness (QED) is 0.695. The fourth-order valence-electron chi connectivity index (χ4n) is 2.55. The van der Waals surface area contributed by atoms with E-state index in [0.29, 0.717) is 5.13 Å². The van der Waals surface area contributed by atoms with E-state index in [1.807, 2.05) is 45.0 Å². The Morgan fingerprint density at radius 1 is 0.964 bits per heavy atom. The van der Waals surface area contributed by atoms with Crippen molar-refractivity contribution in [2.45, 2.75) is 52.9 Å². The number of nitrogens with zero attached hydrogens (tertiary/aromatic N) is 3. The fraction of sp³-hybridized carbons (Fsp3) is 0.500. The number of aromatic nitrogens is 2. The number of rotatable bonds is 8. The Labute approximate surface area is 170 Å². The maximum absolute atomic E-state index is 12.1. The van der Waals surface area contributed by atoms with E-state index in [1.54, 1.807) is 0 Å². The smallest absolute Gasteiger partial charge is 0.226 e. The summed E-state index contributed by atoms with van der Waals surface area (Å²) in [6, 6.07) is 7.72. The SMILES string of the molecule is CCN(CC)c1ccc(NC(=O)CCC(=O)Nc2nnc(C(C)(C)C)s2)cc1. The molecule has 0 fully saturated rings. The summed E-state index contributed by atoms with van der Waals surface area (Å²) in [4.78, 5) is 26.4. The van der Waals surface area contributed by atoms with Gasteiger partial charge < -0.3 is 15.5 Å². The topological polar surface area (TPSA) is 87.2 Å². The Morgan fingerprint density at radius 2 is 1.54 bits per heavy atom. The molecule has 0 aliphatic heterocycles. The Morgan fingerprint density at radius 3 is 2.04 bits per heavy atom. The summed E-state index contributed by atoms with van der Waals surface area (Å²) in [5.41, 5.74) is 1.73. The second-order valence-corrected chi connectivity index (χ2v) is 8.46. The molecule has 28 heavy (non-hydrogen) atoms. The Bertz CT molecular complexity index is 792. The molecule has 0 unspecified atom stereocenters. The third kappa shape index (κ3) is 6.30. The Hall–Kier alpha value is -2.48. The first kappa shape index (κ1) is 21.8. The van der Waals surface area contributed by atoms with E-state index in [0.717, 1.165) is 29.5 Å². The third-order valence-corrected chi connectivity index (χ3v) is 5.44. The summed E-state index contributed by atoms with van der Waals surface area (Å²) >= 11 is 1.35. The Kier molecular flexibility index (Phi) is 7.51. The molecule has 0 saturated heterocycles. The number of hydrogen-bond acceptors (Lipinski definition) is 6. The maximum Gasteiger partial charge on any atom is 0.226 e. The van der Waals surface area contributed by atoms with Crippen molar-refractivity contribution in [2.24, 2.45) is 0 Å². The highest BCUT2D eigenvalue weighted by molar-refractivity contribution is 7.15. The maximum atomic E-state index is 12.1. The average molecular weight is 404 g/mol. The molecule has 0 aliphatic rings. The summed E-state index contributed by atoms with van der Waals surface area (Å²) in [5, 5.41) is 14.9. The van der Waals surface area contributed by atoms with E-state index >= 15 is 0 Å². The predicted octanol–water partition coefficient (Wildman–Crippen LogP) is 4.04. The van der Waals surface area contributed by atoms with E-state index < -0.39 is 0 Å². The summed E-state index contributed by atoms with van der Waals surface area (Å²) in [7, 11) is 0. The summed E-state index contributed by atoms with van der Waals surface area (Å²) < 4.78 is 0. The van der Waals surface area contributed by atoms with Gasteiger partial charge in [-0.15, -0.1) is 10.2 Å². The van der Waals surface area contributed by atoms with Crippen LogP contribution >= 0.6 is 11.3 Å². The highest BCUT2D eigenvalue weighted by Crippen LogP contribution is 2.27. The summed E-state index contributed by atoms with van der Waals surface area (Å²) in [6.07, 6.45) is 0.197. The van der Waals surface area contributed by atoms with Crippen LogP contribution in [0.4, 0.5) is 16.5 Å². The van der Waals surface area contributed by atoms with Crippen molar-refractivity contribution in [3.05, 3.63) is 29.3 Å². The predicted molar refractivity (Wildman–Crippen MR) is 115 cm³/mol. The van der Waals surface area contributed by atoms with Crippen LogP contribution in [0.3, 0.4) is 0 Å². The number of nitrogens with one attached hydrogen (secondary N) is 2. The molecular weight excluding hydrogens is 374 g/mol. The molecule has 0 bridgehead atoms. The lowest BCUT2D eigenvalue weighted by Gasteiger charge is -2.21. The van der Waals surface area contributed by atoms with Gasteiger partial charge in [0.05, 0.1) is 0 Å². The molecule has 1 aromatic heterocycles. The zero-order valence-corrected chi connectivity index (χ0v) is 18.0. The van der Waals surface area contributed by atoms with E-state index in [4.69, 9.17) is 0 Å². The van der Waals surface area contributed by atoms with Crippen molar-refractivity contribution in [3.63, 3.8) is 0 Å². The monoisotopic (exact) mass is 403 g/mol. The molecule has 0 radical (unpaired) electrons. The van der Waals surface area contributed by atoms with Gasteiger partial charge in [-0.05, 0) is 38.1 Å². The lowest BCUT2D eigenvalue weighted by atomic mass is 9.98. The van der Waals surface area contributed by atoms with E-state index in [2.05, 4.69) is 39.6 Å². The molecule has 2 N–H and O–H groups in total. The second-order valence-electron chi connectivity index (χ2n) is 7.48. The van der Waals surface area contributed by atoms with Gasteiger partial charge in [0, 0.05) is 42.7 Å². The lowest BCUT2D eigenvalue weighted by Crippen LogP contribution is -2.21. The molecule has 2 rings (SSSR count). The van der Waals surface area contributed by atoms with Crippen molar-refractivity contribution < 1.29 is 9.59 Å². The van der Waals surface area contributed by atoms with Crippen LogP contribution in [0.2, 0.25) is 0 Å². The first-order valence-corrected chi connectivity index (χ1v) is 10.3. The van der Waals surface area contributed by atoms with Gasteiger partial charge in [0.1, 0.15) is 5.01 Å². The van der Waals surface area contributed by atoms with Crippen LogP contribution in [0.15, 0.2) is 24.3 Å². The van der Waals surface area contributed by atoms with Crippen LogP contribution in [0.1, 0.15) is 52.5 Å². The second kappa shape index (κ2) is 9.64. The van der Waals surface area contributed by atoms with Crippen LogP contribution < -0.4 is 15.5 Å². The lowest BCUT2D eigenvalue weighted by molar-refractivity contribution is -0.121. The zero-order chi connectivity index (χ0) is 20.7. The number of carbonyl (C=O) groups excluding carboxylic acids is 2. The molecule has 152 valence electrons. The molecule has 0 aliphatic carbocycles. The molecule has 8 heteroatoms. The van der Waals surface area contributed by atoms with Gasteiger partial charge in [-0.25, -0.2) is 0 Å². The fourth-order valence-corrected chi connectivity index (χ4v) is 3.37. The van der Waals surface area contributed by atoms with Gasteiger partial charge in [-0.3, -0.25) is 9.59 Å². The molecule has 0 atom stereocenters. The Balaban J connectivity index is 1.80. The van der Waals surface area contributed by atoms with Crippen LogP contribution in [0, 0.1) is 0 Å². The molecule has 1 heterocycles. The van der Waals surface area contributed by atoms with Crippen molar-refractivity contribution in [1.29, 1.82) is 0 Å². The van der Waals surface area contributed by atoms with Crippen molar-refractivity contribution in [2.75, 3.05) is 28.6 Å². The van der Waals surface area contributed by atoms with Crippen LogP contribution in [0.25, 0.3) is 0 Å². The minimum Gasteiger partial charge on any atom is -0.372 e. The van der Waals surface area contributed by atoms with Crippen molar-refractivity contribution in [3.8, 4) is 0 Å². The number of carbonyl (C=O) groups is 2. The van der Waals surface area contributed by atoms with Gasteiger partial charge in [-0.2, -0.15) is 0 Å². The molecule has 7 nitrogen and oxygen atoms in total. The van der Waals surface area contributed by atoms with Gasteiger partial charge in [-0.1, -0.05) is 32.1 Å². The normalized spacial score (nSPS) is 11.2. The van der Waals surface area contributed by atoms with Crippen LogP contribution in [-0.4, -0.2) is 35.1 Å². The van der Waals surface area contributed by atoms with E-state index in [-0.39, 0.29) is 30.1 Å². The van der Waals surface area contributed by atoms with E-state index in [9.17, 15) is 9.59 Å². The van der Waals surface area contributed by atoms with Gasteiger partial charge in [0.2, 0.25) is 16.9 Å². The first-order valence-electron chi connectivity index (χ1n) is 9.51. The van der Waals surface area contributed by atoms with Gasteiger partial charge in [0.15, 0.2) is 0 Å². The molecule has 2 amide bonds. The van der Waals surface area contributed by atoms with Crippen LogP contribution in [0.5, 0.6) is 0 Å². The third-order valence-electron chi connectivity index (χ3n) is 4.17. The van der Waals surface area contributed by atoms with Crippen molar-refractivity contribution >= 4 is 39.7 Å². The number of anilines is 3. The largest absolute Gasteiger partial charge is 0.372 e. The molecule has 1 aromatic carbocycles. The highest BCUT2D eigenvalue weighted by Gasteiger charge is 2.20. The highest BCUT2D eigenvalue weighted by atomic mass is 32.1. The molecule has 0 saturated carbocycles. The molecule has 0 spiro atoms. The number of hydrogen-bond donors (Lipinski definition) is 2. The van der Waals surface area contributed by atoms with Gasteiger partial charge in [0.25, 0.3) is 0 Å². The minimum absolute atomic E-state index is 0.0911. The van der Waals surface area contributed by atoms with Crippen molar-refractivity contribution in [1.82, 2.24) is 10.2 Å². The zero-order valence-electron chi connectivity index (χ0n) is 17.2. The average Bonchev–Trinajstić information content (AvgIpc) is 3.11.